The highest BCUT2D eigenvalue weighted by Gasteiger charge is 2.27. The van der Waals surface area contributed by atoms with E-state index >= 15 is 0 Å². The lowest BCUT2D eigenvalue weighted by Gasteiger charge is -2.40. The van der Waals surface area contributed by atoms with Gasteiger partial charge < -0.3 is 4.90 Å². The zero-order chi connectivity index (χ0) is 21.0. The number of anilines is 1. The Kier molecular flexibility index (Phi) is 6.43. The number of benzene rings is 2. The van der Waals surface area contributed by atoms with Gasteiger partial charge in [0, 0.05) is 38.4 Å². The maximum absolute atomic E-state index is 12.5. The number of piperazine rings is 1. The summed E-state index contributed by atoms with van der Waals surface area (Å²) in [7, 11) is -3.43. The van der Waals surface area contributed by atoms with E-state index in [9.17, 15) is 8.42 Å². The molecule has 2 aromatic rings. The second-order valence-electron chi connectivity index (χ2n) is 8.11. The van der Waals surface area contributed by atoms with Crippen molar-refractivity contribution in [1.82, 2.24) is 9.62 Å². The first-order valence-electron chi connectivity index (χ1n) is 10.6. The number of hydrogen-bond donors (Lipinski definition) is 1. The fourth-order valence-electron chi connectivity index (χ4n) is 3.87. The Morgan fingerprint density at radius 3 is 2.43 bits per heavy atom. The molecule has 6 heteroatoms. The van der Waals surface area contributed by atoms with Crippen molar-refractivity contribution >= 4 is 15.7 Å². The van der Waals surface area contributed by atoms with Crippen LogP contribution in [0.1, 0.15) is 25.3 Å². The Labute approximate surface area is 180 Å². The Balaban J connectivity index is 1.43. The third-order valence-electron chi connectivity index (χ3n) is 5.76. The third-order valence-corrected chi connectivity index (χ3v) is 7.20. The van der Waals surface area contributed by atoms with Gasteiger partial charge in [0.2, 0.25) is 10.0 Å². The van der Waals surface area contributed by atoms with Crippen LogP contribution in [0.3, 0.4) is 0 Å². The van der Waals surface area contributed by atoms with Crippen LogP contribution >= 0.6 is 0 Å². The van der Waals surface area contributed by atoms with Gasteiger partial charge in [0.05, 0.1) is 4.90 Å². The van der Waals surface area contributed by atoms with E-state index in [0.29, 0.717) is 17.4 Å². The fraction of sp³-hybridized carbons (Fsp3) is 0.417. The number of nitrogens with zero attached hydrogens (tertiary/aromatic N) is 2. The topological polar surface area (TPSA) is 52.7 Å². The molecule has 2 aromatic carbocycles. The van der Waals surface area contributed by atoms with Crippen LogP contribution < -0.4 is 9.62 Å². The van der Waals surface area contributed by atoms with E-state index in [1.807, 2.05) is 25.1 Å². The standard InChI is InChI=1S/C24H29N3O2S/c1-2-6-23-19-26(18-21-7-4-3-5-8-21)15-16-27(23)22-11-13-24(14-12-22)30(28,29)25-17-20-9-10-20/h3-5,7-8,11-14,20,23,25H,9-10,15-19H2,1H3. The van der Waals surface area contributed by atoms with Crippen molar-refractivity contribution in [3.63, 3.8) is 0 Å². The van der Waals surface area contributed by atoms with E-state index in [1.165, 1.54) is 5.56 Å². The third kappa shape index (κ3) is 5.23. The summed E-state index contributed by atoms with van der Waals surface area (Å²) < 4.78 is 27.7. The molecule has 0 bridgehead atoms. The van der Waals surface area contributed by atoms with Gasteiger partial charge >= 0.3 is 0 Å². The van der Waals surface area contributed by atoms with Crippen molar-refractivity contribution in [2.45, 2.75) is 37.2 Å². The Morgan fingerprint density at radius 1 is 1.03 bits per heavy atom. The van der Waals surface area contributed by atoms with E-state index < -0.39 is 10.0 Å². The smallest absolute Gasteiger partial charge is 0.240 e. The number of hydrogen-bond acceptors (Lipinski definition) is 4. The molecule has 0 radical (unpaired) electrons. The second kappa shape index (κ2) is 9.22. The van der Waals surface area contributed by atoms with Crippen LogP contribution in [0.15, 0.2) is 59.5 Å². The van der Waals surface area contributed by atoms with E-state index in [-0.39, 0.29) is 6.04 Å². The van der Waals surface area contributed by atoms with Gasteiger partial charge in [-0.1, -0.05) is 36.3 Å². The van der Waals surface area contributed by atoms with Crippen LogP contribution in [0.25, 0.3) is 0 Å². The molecule has 1 aliphatic carbocycles. The Bertz CT molecular complexity index is 1010. The van der Waals surface area contributed by atoms with Crippen molar-refractivity contribution in [1.29, 1.82) is 0 Å². The van der Waals surface area contributed by atoms with Gasteiger partial charge in [-0.15, -0.1) is 5.92 Å². The van der Waals surface area contributed by atoms with Gasteiger partial charge in [-0.25, -0.2) is 13.1 Å². The van der Waals surface area contributed by atoms with Gasteiger partial charge in [-0.3, -0.25) is 4.90 Å². The molecule has 2 aliphatic rings. The number of nitrogens with one attached hydrogen (secondary N) is 1. The molecular weight excluding hydrogens is 394 g/mol. The molecule has 1 aliphatic heterocycles. The van der Waals surface area contributed by atoms with Crippen LogP contribution in [-0.2, 0) is 16.6 Å². The first-order valence-corrected chi connectivity index (χ1v) is 12.1. The van der Waals surface area contributed by atoms with Crippen molar-refractivity contribution in [2.75, 3.05) is 31.1 Å². The van der Waals surface area contributed by atoms with Crippen molar-refractivity contribution in [2.24, 2.45) is 5.92 Å². The van der Waals surface area contributed by atoms with Gasteiger partial charge in [0.25, 0.3) is 0 Å². The zero-order valence-electron chi connectivity index (χ0n) is 17.4. The highest BCUT2D eigenvalue weighted by molar-refractivity contribution is 7.89. The van der Waals surface area contributed by atoms with Gasteiger partial charge in [0.15, 0.2) is 0 Å². The molecule has 1 N–H and O–H groups in total. The Hall–Kier alpha value is -2.33. The van der Waals surface area contributed by atoms with E-state index in [2.05, 4.69) is 50.6 Å². The monoisotopic (exact) mass is 423 g/mol. The highest BCUT2D eigenvalue weighted by Crippen LogP contribution is 2.28. The molecule has 1 saturated heterocycles. The molecule has 0 aromatic heterocycles. The van der Waals surface area contributed by atoms with Crippen LogP contribution in [0, 0.1) is 17.8 Å². The maximum Gasteiger partial charge on any atom is 0.240 e. The average Bonchev–Trinajstić information content (AvgIpc) is 3.59. The van der Waals surface area contributed by atoms with Gasteiger partial charge in [0.1, 0.15) is 6.04 Å². The summed E-state index contributed by atoms with van der Waals surface area (Å²) in [4.78, 5) is 5.04. The Morgan fingerprint density at radius 2 is 1.77 bits per heavy atom. The van der Waals surface area contributed by atoms with Crippen molar-refractivity contribution < 1.29 is 8.42 Å². The fourth-order valence-corrected chi connectivity index (χ4v) is 4.99. The molecule has 0 amide bonds. The van der Waals surface area contributed by atoms with Gasteiger partial charge in [-0.2, -0.15) is 0 Å². The number of rotatable bonds is 7. The summed E-state index contributed by atoms with van der Waals surface area (Å²) in [5.41, 5.74) is 2.32. The quantitative estimate of drug-likeness (QED) is 0.696. The van der Waals surface area contributed by atoms with E-state index in [0.717, 1.165) is 44.7 Å². The maximum atomic E-state index is 12.5. The molecule has 4 rings (SSSR count). The summed E-state index contributed by atoms with van der Waals surface area (Å²) in [5.74, 6) is 6.92. The minimum atomic E-state index is -3.43. The van der Waals surface area contributed by atoms with Gasteiger partial charge in [-0.05, 0) is 55.5 Å². The normalized spacial score (nSPS) is 19.9. The van der Waals surface area contributed by atoms with Crippen LogP contribution in [-0.4, -0.2) is 45.5 Å². The lowest BCUT2D eigenvalue weighted by atomic mass is 10.1. The molecular formula is C24H29N3O2S. The van der Waals surface area contributed by atoms with Crippen molar-refractivity contribution in [3.05, 3.63) is 60.2 Å². The predicted octanol–water partition coefficient (Wildman–Crippen LogP) is 3.09. The highest BCUT2D eigenvalue weighted by atomic mass is 32.2. The molecule has 158 valence electrons. The van der Waals surface area contributed by atoms with E-state index in [1.54, 1.807) is 12.1 Å². The molecule has 1 atom stereocenters. The first-order chi connectivity index (χ1) is 14.5. The summed E-state index contributed by atoms with van der Waals surface area (Å²) in [6.45, 7) is 5.99. The summed E-state index contributed by atoms with van der Waals surface area (Å²) >= 11 is 0. The molecule has 2 fully saturated rings. The summed E-state index contributed by atoms with van der Waals surface area (Å²) in [6.07, 6.45) is 2.25. The lowest BCUT2D eigenvalue weighted by Crippen LogP contribution is -2.52. The molecule has 30 heavy (non-hydrogen) atoms. The average molecular weight is 424 g/mol. The van der Waals surface area contributed by atoms with Crippen molar-refractivity contribution in [3.8, 4) is 11.8 Å². The molecule has 1 saturated carbocycles. The molecule has 1 unspecified atom stereocenters. The second-order valence-corrected chi connectivity index (χ2v) is 9.88. The minimum absolute atomic E-state index is 0.0860. The largest absolute Gasteiger partial charge is 0.355 e. The van der Waals surface area contributed by atoms with Crippen LogP contribution in [0.4, 0.5) is 5.69 Å². The van der Waals surface area contributed by atoms with Crippen LogP contribution in [0.2, 0.25) is 0 Å². The molecule has 5 nitrogen and oxygen atoms in total. The summed E-state index contributed by atoms with van der Waals surface area (Å²) in [6, 6.07) is 17.8. The predicted molar refractivity (Wildman–Crippen MR) is 121 cm³/mol. The lowest BCUT2D eigenvalue weighted by molar-refractivity contribution is 0.232. The number of sulfonamides is 1. The zero-order valence-corrected chi connectivity index (χ0v) is 18.2. The molecule has 0 spiro atoms. The van der Waals surface area contributed by atoms with E-state index in [4.69, 9.17) is 0 Å². The summed E-state index contributed by atoms with van der Waals surface area (Å²) in [5, 5.41) is 0. The first kappa shape index (κ1) is 20.9. The SMILES string of the molecule is CC#CC1CN(Cc2ccccc2)CCN1c1ccc(S(=O)(=O)NCC2CC2)cc1. The van der Waals surface area contributed by atoms with Crippen LogP contribution in [0.5, 0.6) is 0 Å². The molecule has 1 heterocycles. The minimum Gasteiger partial charge on any atom is -0.355 e.